The van der Waals surface area contributed by atoms with E-state index in [-0.39, 0.29) is 30.5 Å². The molecule has 136 valence electrons. The number of nitrogens with one attached hydrogen (secondary N) is 1. The molecule has 1 aliphatic carbocycles. The van der Waals surface area contributed by atoms with Crippen molar-refractivity contribution in [1.82, 2.24) is 10.1 Å². The summed E-state index contributed by atoms with van der Waals surface area (Å²) in [5.74, 6) is -2.70. The fraction of sp³-hybridized carbons (Fsp3) is 0.389. The summed E-state index contributed by atoms with van der Waals surface area (Å²) in [5.41, 5.74) is 1.92. The number of rotatable bonds is 3. The number of benzene rings is 1. The van der Waals surface area contributed by atoms with Gasteiger partial charge in [-0.05, 0) is 43.9 Å². The van der Waals surface area contributed by atoms with Gasteiger partial charge in [-0.2, -0.15) is 0 Å². The largest absolute Gasteiger partial charge is 0.338 e. The molecule has 4 rings (SSSR count). The van der Waals surface area contributed by atoms with E-state index >= 15 is 0 Å². The normalized spacial score (nSPS) is 16.8. The van der Waals surface area contributed by atoms with E-state index in [1.807, 2.05) is 0 Å². The number of aromatic nitrogens is 1. The highest BCUT2D eigenvalue weighted by molar-refractivity contribution is 5.98. The first-order valence-corrected chi connectivity index (χ1v) is 8.55. The van der Waals surface area contributed by atoms with E-state index in [1.165, 1.54) is 11.0 Å². The number of carbonyl (C=O) groups excluding carboxylic acids is 2. The molecule has 6 nitrogen and oxygen atoms in total. The van der Waals surface area contributed by atoms with Crippen molar-refractivity contribution in [2.24, 2.45) is 5.92 Å². The third-order valence-electron chi connectivity index (χ3n) is 4.90. The third-order valence-corrected chi connectivity index (χ3v) is 4.90. The zero-order valence-corrected chi connectivity index (χ0v) is 13.9. The maximum Gasteiger partial charge on any atom is 0.254 e. The number of hydrogen-bond acceptors (Lipinski definition) is 4. The van der Waals surface area contributed by atoms with Crippen molar-refractivity contribution in [3.8, 4) is 0 Å². The molecule has 1 aromatic heterocycles. The number of carbonyl (C=O) groups is 2. The van der Waals surface area contributed by atoms with Crippen LogP contribution >= 0.6 is 0 Å². The molecular formula is C18H17F2N3O3. The van der Waals surface area contributed by atoms with Crippen molar-refractivity contribution in [1.29, 1.82) is 0 Å². The Bertz CT molecular complexity index is 875. The first-order valence-electron chi connectivity index (χ1n) is 8.55. The topological polar surface area (TPSA) is 75.4 Å². The molecule has 2 heterocycles. The average Bonchev–Trinajstić information content (AvgIpc) is 2.99. The van der Waals surface area contributed by atoms with Gasteiger partial charge >= 0.3 is 0 Å². The molecule has 0 saturated carbocycles. The van der Waals surface area contributed by atoms with Gasteiger partial charge in [-0.1, -0.05) is 5.16 Å². The second-order valence-corrected chi connectivity index (χ2v) is 6.67. The Kier molecular flexibility index (Phi) is 4.18. The summed E-state index contributed by atoms with van der Waals surface area (Å²) in [7, 11) is 0. The molecule has 26 heavy (non-hydrogen) atoms. The lowest BCUT2D eigenvalue weighted by molar-refractivity contribution is -0.123. The zero-order chi connectivity index (χ0) is 18.3. The summed E-state index contributed by atoms with van der Waals surface area (Å²) in [6.07, 6.45) is 3.79. The van der Waals surface area contributed by atoms with Crippen LogP contribution in [0.25, 0.3) is 0 Å². The highest BCUT2D eigenvalue weighted by Gasteiger charge is 2.37. The maximum atomic E-state index is 13.3. The first-order chi connectivity index (χ1) is 12.5. The van der Waals surface area contributed by atoms with Crippen LogP contribution in [0.2, 0.25) is 0 Å². The first kappa shape index (κ1) is 16.7. The summed E-state index contributed by atoms with van der Waals surface area (Å²) < 4.78 is 31.4. The second kappa shape index (κ2) is 6.51. The highest BCUT2D eigenvalue weighted by Crippen LogP contribution is 2.29. The fourth-order valence-electron chi connectivity index (χ4n) is 3.32. The van der Waals surface area contributed by atoms with E-state index in [0.717, 1.165) is 49.1 Å². The van der Waals surface area contributed by atoms with Gasteiger partial charge in [0.2, 0.25) is 11.8 Å². The quantitative estimate of drug-likeness (QED) is 0.912. The van der Waals surface area contributed by atoms with E-state index in [2.05, 4.69) is 10.5 Å². The van der Waals surface area contributed by atoms with Crippen LogP contribution in [0.3, 0.4) is 0 Å². The standard InChI is InChI=1S/C18H17F2N3O3/c19-13-6-5-10(7-14(13)20)18(25)23-8-11(9-23)16(24)21-17-12-3-1-2-4-15(12)22-26-17/h5-7,11H,1-4,8-9H2,(H,21,24). The monoisotopic (exact) mass is 361 g/mol. The average molecular weight is 361 g/mol. The lowest BCUT2D eigenvalue weighted by Gasteiger charge is -2.38. The SMILES string of the molecule is O=C(Nc1onc2c1CCCC2)C1CN(C(=O)c2ccc(F)c(F)c2)C1. The zero-order valence-electron chi connectivity index (χ0n) is 13.9. The smallest absolute Gasteiger partial charge is 0.254 e. The van der Waals surface area contributed by atoms with Gasteiger partial charge in [0.1, 0.15) is 0 Å². The van der Waals surface area contributed by atoms with E-state index in [1.54, 1.807) is 0 Å². The molecule has 1 aliphatic heterocycles. The Morgan fingerprint density at radius 2 is 1.92 bits per heavy atom. The van der Waals surface area contributed by atoms with Crippen molar-refractivity contribution in [2.75, 3.05) is 18.4 Å². The van der Waals surface area contributed by atoms with Gasteiger partial charge in [0.25, 0.3) is 5.91 Å². The molecule has 0 bridgehead atoms. The third kappa shape index (κ3) is 2.95. The van der Waals surface area contributed by atoms with Gasteiger partial charge in [0.05, 0.1) is 11.6 Å². The predicted molar refractivity (Wildman–Crippen MR) is 87.5 cm³/mol. The maximum absolute atomic E-state index is 13.3. The lowest BCUT2D eigenvalue weighted by atomic mass is 9.96. The number of likely N-dealkylation sites (tertiary alicyclic amines) is 1. The number of aryl methyl sites for hydroxylation is 1. The Balaban J connectivity index is 1.35. The van der Waals surface area contributed by atoms with Crippen LogP contribution < -0.4 is 5.32 Å². The molecule has 2 aromatic rings. The summed E-state index contributed by atoms with van der Waals surface area (Å²) in [5, 5.41) is 6.74. The van der Waals surface area contributed by atoms with Gasteiger partial charge in [0.15, 0.2) is 11.6 Å². The van der Waals surface area contributed by atoms with E-state index in [4.69, 9.17) is 4.52 Å². The molecule has 0 spiro atoms. The number of nitrogens with zero attached hydrogens (tertiary/aromatic N) is 2. The van der Waals surface area contributed by atoms with Gasteiger partial charge in [-0.15, -0.1) is 0 Å². The molecule has 1 fully saturated rings. The molecule has 0 atom stereocenters. The van der Waals surface area contributed by atoms with Crippen LogP contribution in [0.4, 0.5) is 14.7 Å². The Labute approximate surface area is 148 Å². The van der Waals surface area contributed by atoms with Crippen LogP contribution in [0.15, 0.2) is 22.7 Å². The number of amides is 2. The molecule has 1 aromatic carbocycles. The van der Waals surface area contributed by atoms with Gasteiger partial charge in [-0.25, -0.2) is 8.78 Å². The molecule has 8 heteroatoms. The number of halogens is 2. The van der Waals surface area contributed by atoms with Crippen molar-refractivity contribution < 1.29 is 22.9 Å². The minimum atomic E-state index is -1.07. The predicted octanol–water partition coefficient (Wildman–Crippen LogP) is 2.54. The van der Waals surface area contributed by atoms with Crippen LogP contribution in [0.5, 0.6) is 0 Å². The van der Waals surface area contributed by atoms with Crippen LogP contribution in [-0.2, 0) is 17.6 Å². The van der Waals surface area contributed by atoms with E-state index in [0.29, 0.717) is 5.88 Å². The van der Waals surface area contributed by atoms with Crippen LogP contribution in [-0.4, -0.2) is 35.0 Å². The van der Waals surface area contributed by atoms with Crippen LogP contribution in [0.1, 0.15) is 34.5 Å². The second-order valence-electron chi connectivity index (χ2n) is 6.67. The summed E-state index contributed by atoms with van der Waals surface area (Å²) >= 11 is 0. The molecule has 2 amide bonds. The molecule has 0 unspecified atom stereocenters. The van der Waals surface area contributed by atoms with Crippen molar-refractivity contribution in [3.05, 3.63) is 46.7 Å². The Morgan fingerprint density at radius 1 is 1.15 bits per heavy atom. The summed E-state index contributed by atoms with van der Waals surface area (Å²) in [6.45, 7) is 0.444. The van der Waals surface area contributed by atoms with Crippen molar-refractivity contribution in [2.45, 2.75) is 25.7 Å². The van der Waals surface area contributed by atoms with Crippen LogP contribution in [0, 0.1) is 17.6 Å². The van der Waals surface area contributed by atoms with E-state index < -0.39 is 17.5 Å². The lowest BCUT2D eigenvalue weighted by Crippen LogP contribution is -2.54. The molecular weight excluding hydrogens is 344 g/mol. The molecule has 0 radical (unpaired) electrons. The van der Waals surface area contributed by atoms with E-state index in [9.17, 15) is 18.4 Å². The number of hydrogen-bond donors (Lipinski definition) is 1. The minimum absolute atomic E-state index is 0.0621. The fourth-order valence-corrected chi connectivity index (χ4v) is 3.32. The minimum Gasteiger partial charge on any atom is -0.338 e. The van der Waals surface area contributed by atoms with Gasteiger partial charge in [-0.3, -0.25) is 14.9 Å². The Morgan fingerprint density at radius 3 is 2.69 bits per heavy atom. The molecule has 1 N–H and O–H groups in total. The molecule has 1 saturated heterocycles. The number of anilines is 1. The molecule has 2 aliphatic rings. The Hall–Kier alpha value is -2.77. The van der Waals surface area contributed by atoms with Gasteiger partial charge < -0.3 is 9.42 Å². The van der Waals surface area contributed by atoms with Crippen molar-refractivity contribution in [3.63, 3.8) is 0 Å². The summed E-state index contributed by atoms with van der Waals surface area (Å²) in [6, 6.07) is 3.01. The highest BCUT2D eigenvalue weighted by atomic mass is 19.2. The number of fused-ring (bicyclic) bond motifs is 1. The van der Waals surface area contributed by atoms with Crippen molar-refractivity contribution >= 4 is 17.7 Å². The van der Waals surface area contributed by atoms with Gasteiger partial charge in [0, 0.05) is 24.2 Å². The summed E-state index contributed by atoms with van der Waals surface area (Å²) in [4.78, 5) is 26.0.